The third-order valence-electron chi connectivity index (χ3n) is 10.9. The van der Waals surface area contributed by atoms with Gasteiger partial charge in [-0.15, -0.1) is 34.0 Å². The number of aromatic nitrogens is 3. The topological polar surface area (TPSA) is 38.7 Å². The van der Waals surface area contributed by atoms with E-state index in [9.17, 15) is 0 Å². The molecule has 6 heteroatoms. The van der Waals surface area contributed by atoms with E-state index < -0.39 is 0 Å². The van der Waals surface area contributed by atoms with Gasteiger partial charge in [-0.2, -0.15) is 0 Å². The van der Waals surface area contributed by atoms with Crippen LogP contribution in [-0.4, -0.2) is 15.0 Å². The molecule has 0 aliphatic heterocycles. The highest BCUT2D eigenvalue weighted by Crippen LogP contribution is 2.46. The van der Waals surface area contributed by atoms with Gasteiger partial charge in [-0.25, -0.2) is 15.0 Å². The fourth-order valence-corrected chi connectivity index (χ4v) is 11.6. The first-order valence-electron chi connectivity index (χ1n) is 18.9. The van der Waals surface area contributed by atoms with E-state index in [2.05, 4.69) is 115 Å². The van der Waals surface area contributed by atoms with Crippen LogP contribution in [0.1, 0.15) is 0 Å². The van der Waals surface area contributed by atoms with Crippen LogP contribution in [0.4, 0.5) is 0 Å². The average molecular weight is 780 g/mol. The van der Waals surface area contributed by atoms with Gasteiger partial charge >= 0.3 is 0 Å². The molecule has 0 bridgehead atoms. The van der Waals surface area contributed by atoms with Gasteiger partial charge in [0.1, 0.15) is 0 Å². The molecule has 0 saturated carbocycles. The fourth-order valence-electron chi connectivity index (χ4n) is 8.18. The van der Waals surface area contributed by atoms with Crippen LogP contribution in [-0.2, 0) is 0 Å². The maximum Gasteiger partial charge on any atom is 0.164 e. The van der Waals surface area contributed by atoms with Crippen molar-refractivity contribution < 1.29 is 0 Å². The summed E-state index contributed by atoms with van der Waals surface area (Å²) in [5, 5.41) is 7.79. The van der Waals surface area contributed by atoms with Gasteiger partial charge in [-0.3, -0.25) is 0 Å². The Hall–Kier alpha value is -6.57. The molecule has 4 aromatic heterocycles. The predicted molar refractivity (Wildman–Crippen MR) is 246 cm³/mol. The van der Waals surface area contributed by atoms with E-state index in [1.807, 2.05) is 94.7 Å². The Morgan fingerprint density at radius 3 is 1.44 bits per heavy atom. The van der Waals surface area contributed by atoms with Crippen LogP contribution in [0.25, 0.3) is 117 Å². The molecule has 0 spiro atoms. The molecule has 0 fully saturated rings. The minimum absolute atomic E-state index is 0.666. The molecule has 3 nitrogen and oxygen atoms in total. The molecular weight excluding hydrogens is 751 g/mol. The largest absolute Gasteiger partial charge is 0.208 e. The third kappa shape index (κ3) is 5.48. The first-order chi connectivity index (χ1) is 28.2. The van der Waals surface area contributed by atoms with Crippen molar-refractivity contribution in [1.29, 1.82) is 0 Å². The Bertz CT molecular complexity index is 3470. The fraction of sp³-hybridized carbons (Fsp3) is 0. The summed E-state index contributed by atoms with van der Waals surface area (Å²) >= 11 is 5.57. The van der Waals surface area contributed by atoms with E-state index in [-0.39, 0.29) is 0 Å². The minimum Gasteiger partial charge on any atom is -0.208 e. The van der Waals surface area contributed by atoms with Gasteiger partial charge in [-0.1, -0.05) is 127 Å². The predicted octanol–water partition coefficient (Wildman–Crippen LogP) is 15.3. The lowest BCUT2D eigenvalue weighted by Gasteiger charge is -2.10. The Morgan fingerprint density at radius 2 is 0.737 bits per heavy atom. The van der Waals surface area contributed by atoms with Crippen molar-refractivity contribution in [3.05, 3.63) is 176 Å². The van der Waals surface area contributed by atoms with Crippen molar-refractivity contribution in [3.63, 3.8) is 0 Å². The van der Waals surface area contributed by atoms with E-state index in [1.54, 1.807) is 0 Å². The molecule has 8 aromatic carbocycles. The van der Waals surface area contributed by atoms with E-state index in [1.165, 1.54) is 82.8 Å². The smallest absolute Gasteiger partial charge is 0.164 e. The number of hydrogen-bond donors (Lipinski definition) is 0. The number of fused-ring (bicyclic) bond motifs is 9. The molecule has 266 valence electrons. The number of hydrogen-bond acceptors (Lipinski definition) is 6. The molecule has 12 rings (SSSR count). The summed E-state index contributed by atoms with van der Waals surface area (Å²) < 4.78 is 7.74. The van der Waals surface area contributed by atoms with Crippen molar-refractivity contribution in [2.75, 3.05) is 0 Å². The zero-order chi connectivity index (χ0) is 37.5. The maximum atomic E-state index is 5.00. The first kappa shape index (κ1) is 32.7. The van der Waals surface area contributed by atoms with Crippen molar-refractivity contribution in [2.45, 2.75) is 0 Å². The van der Waals surface area contributed by atoms with Gasteiger partial charge in [0.2, 0.25) is 0 Å². The average Bonchev–Trinajstić information content (AvgIpc) is 3.97. The van der Waals surface area contributed by atoms with E-state index in [4.69, 9.17) is 15.0 Å². The molecule has 0 saturated heterocycles. The Kier molecular flexibility index (Phi) is 7.45. The molecule has 57 heavy (non-hydrogen) atoms. The minimum atomic E-state index is 0.666. The van der Waals surface area contributed by atoms with Crippen LogP contribution in [0.5, 0.6) is 0 Å². The van der Waals surface area contributed by atoms with Crippen LogP contribution in [0.3, 0.4) is 0 Å². The molecule has 4 heterocycles. The van der Waals surface area contributed by atoms with Crippen molar-refractivity contribution in [1.82, 2.24) is 15.0 Å². The first-order valence-corrected chi connectivity index (χ1v) is 21.4. The second kappa shape index (κ2) is 13.0. The lowest BCUT2D eigenvalue weighted by molar-refractivity contribution is 1.07. The zero-order valence-corrected chi connectivity index (χ0v) is 32.8. The van der Waals surface area contributed by atoms with Crippen LogP contribution in [0, 0.1) is 0 Å². The molecule has 0 aliphatic carbocycles. The van der Waals surface area contributed by atoms with Gasteiger partial charge in [-0.05, 0) is 70.8 Å². The van der Waals surface area contributed by atoms with Gasteiger partial charge < -0.3 is 0 Å². The molecule has 0 atom stereocenters. The monoisotopic (exact) mass is 779 g/mol. The summed E-state index contributed by atoms with van der Waals surface area (Å²) in [7, 11) is 0. The maximum absolute atomic E-state index is 5.00. The number of nitrogens with zero attached hydrogens (tertiary/aromatic N) is 3. The number of rotatable bonds is 5. The zero-order valence-electron chi connectivity index (χ0n) is 30.3. The van der Waals surface area contributed by atoms with Crippen molar-refractivity contribution in [2.24, 2.45) is 0 Å². The molecule has 0 amide bonds. The van der Waals surface area contributed by atoms with Crippen LogP contribution in [0.15, 0.2) is 176 Å². The summed E-state index contributed by atoms with van der Waals surface area (Å²) in [5.74, 6) is 2.00. The van der Waals surface area contributed by atoms with Crippen LogP contribution >= 0.6 is 34.0 Å². The number of thiophene rings is 3. The quantitative estimate of drug-likeness (QED) is 0.175. The van der Waals surface area contributed by atoms with Gasteiger partial charge in [0, 0.05) is 77.2 Å². The van der Waals surface area contributed by atoms with Gasteiger partial charge in [0.15, 0.2) is 17.5 Å². The van der Waals surface area contributed by atoms with E-state index in [0.29, 0.717) is 17.5 Å². The van der Waals surface area contributed by atoms with E-state index in [0.717, 1.165) is 16.7 Å². The normalized spacial score (nSPS) is 11.9. The summed E-state index contributed by atoms with van der Waals surface area (Å²) in [4.78, 5) is 14.9. The lowest BCUT2D eigenvalue weighted by Crippen LogP contribution is -1.99. The van der Waals surface area contributed by atoms with Crippen molar-refractivity contribution in [3.8, 4) is 56.4 Å². The second-order valence-electron chi connectivity index (χ2n) is 14.4. The standard InChI is InChI=1S/C51H29N3S3/c1-3-11-30(12-4-1)49-52-50(31-13-5-2-6-14-31)54-51(53-49)34-20-23-38-37-22-19-32(27-45(37)57-46(38)28-34)35-26-40(48-39-16-8-10-18-43(39)56-47(48)29-35)33-21-24-44-41(25-33)36-15-7-9-17-42(36)55-44/h1-29H. The molecule has 0 N–H and O–H groups in total. The molecule has 12 aromatic rings. The Morgan fingerprint density at radius 1 is 0.263 bits per heavy atom. The summed E-state index contributed by atoms with van der Waals surface area (Å²) in [6, 6.07) is 63.3. The molecular formula is C51H29N3S3. The van der Waals surface area contributed by atoms with Crippen LogP contribution in [0.2, 0.25) is 0 Å². The summed E-state index contributed by atoms with van der Waals surface area (Å²) in [6.07, 6.45) is 0. The SMILES string of the molecule is c1ccc(-c2nc(-c3ccccc3)nc(-c3ccc4c(c3)sc3cc(-c5cc(-c6ccc7sc8ccccc8c7c6)c6c(c5)sc5ccccc56)ccc34)n2)cc1. The Balaban J connectivity index is 0.993. The van der Waals surface area contributed by atoms with Crippen LogP contribution < -0.4 is 0 Å². The highest BCUT2D eigenvalue weighted by Gasteiger charge is 2.18. The molecule has 0 radical (unpaired) electrons. The Labute approximate surface area is 339 Å². The lowest BCUT2D eigenvalue weighted by atomic mass is 9.93. The van der Waals surface area contributed by atoms with Crippen molar-refractivity contribution >= 4 is 94.5 Å². The third-order valence-corrected chi connectivity index (χ3v) is 14.3. The molecule has 0 unspecified atom stereocenters. The number of benzene rings is 8. The van der Waals surface area contributed by atoms with Gasteiger partial charge in [0.05, 0.1) is 0 Å². The molecule has 0 aliphatic rings. The summed E-state index contributed by atoms with van der Waals surface area (Å²) in [5.41, 5.74) is 7.88. The highest BCUT2D eigenvalue weighted by atomic mass is 32.1. The second-order valence-corrected chi connectivity index (χ2v) is 17.6. The van der Waals surface area contributed by atoms with E-state index >= 15 is 0 Å². The summed E-state index contributed by atoms with van der Waals surface area (Å²) in [6.45, 7) is 0. The highest BCUT2D eigenvalue weighted by molar-refractivity contribution is 7.26. The van der Waals surface area contributed by atoms with Gasteiger partial charge in [0.25, 0.3) is 0 Å².